The van der Waals surface area contributed by atoms with Crippen molar-refractivity contribution in [3.8, 4) is 16.2 Å². The Labute approximate surface area is 142 Å². The standard InChI is InChI=1S/C17H14FNO4S/c1-19-13-7-10(15-8-12(18)16(24-15)17(20)21)4-5-14(13)23-9-11-3-2-6-22-11/h4-5,7-8,11H,2-3,6,9H2,(H,20,21). The molecule has 0 amide bonds. The third-order valence-electron chi connectivity index (χ3n) is 3.69. The zero-order valence-electron chi connectivity index (χ0n) is 12.6. The molecule has 1 unspecified atom stereocenters. The molecule has 24 heavy (non-hydrogen) atoms. The summed E-state index contributed by atoms with van der Waals surface area (Å²) in [6, 6.07) is 6.09. The van der Waals surface area contributed by atoms with Crippen molar-refractivity contribution in [2.45, 2.75) is 18.9 Å². The molecule has 1 aliphatic heterocycles. The van der Waals surface area contributed by atoms with Gasteiger partial charge in [0.15, 0.2) is 0 Å². The van der Waals surface area contributed by atoms with Crippen molar-refractivity contribution in [2.24, 2.45) is 0 Å². The van der Waals surface area contributed by atoms with E-state index in [1.165, 1.54) is 6.07 Å². The van der Waals surface area contributed by atoms with Gasteiger partial charge in [0.05, 0.1) is 12.7 Å². The molecule has 0 spiro atoms. The number of hydrogen-bond acceptors (Lipinski definition) is 4. The molecule has 0 radical (unpaired) electrons. The molecule has 2 aromatic rings. The van der Waals surface area contributed by atoms with Crippen LogP contribution in [0.15, 0.2) is 24.3 Å². The van der Waals surface area contributed by atoms with Crippen LogP contribution in [0.4, 0.5) is 10.1 Å². The molecular weight excluding hydrogens is 333 g/mol. The zero-order chi connectivity index (χ0) is 17.1. The number of carbonyl (C=O) groups is 1. The molecule has 1 aromatic carbocycles. The summed E-state index contributed by atoms with van der Waals surface area (Å²) in [4.78, 5) is 14.5. The normalized spacial score (nSPS) is 16.8. The summed E-state index contributed by atoms with van der Waals surface area (Å²) < 4.78 is 24.8. The highest BCUT2D eigenvalue weighted by Crippen LogP contribution is 2.37. The summed E-state index contributed by atoms with van der Waals surface area (Å²) >= 11 is 0.841. The molecule has 0 saturated carbocycles. The van der Waals surface area contributed by atoms with Crippen molar-refractivity contribution in [3.05, 3.63) is 46.4 Å². The molecule has 5 nitrogen and oxygen atoms in total. The van der Waals surface area contributed by atoms with E-state index in [0.717, 1.165) is 30.8 Å². The minimum atomic E-state index is -1.30. The Morgan fingerprint density at radius 3 is 2.96 bits per heavy atom. The maximum Gasteiger partial charge on any atom is 0.348 e. The van der Waals surface area contributed by atoms with Crippen molar-refractivity contribution in [3.63, 3.8) is 0 Å². The Hall–Kier alpha value is -2.43. The van der Waals surface area contributed by atoms with Gasteiger partial charge in [-0.05, 0) is 36.6 Å². The fourth-order valence-corrected chi connectivity index (χ4v) is 3.37. The number of rotatable bonds is 5. The molecule has 3 rings (SSSR count). The number of carboxylic acids is 1. The van der Waals surface area contributed by atoms with Gasteiger partial charge in [0.1, 0.15) is 23.1 Å². The topological polar surface area (TPSA) is 60.1 Å². The van der Waals surface area contributed by atoms with Crippen LogP contribution in [0.3, 0.4) is 0 Å². The Morgan fingerprint density at radius 1 is 1.50 bits per heavy atom. The van der Waals surface area contributed by atoms with Gasteiger partial charge in [0.25, 0.3) is 0 Å². The maximum atomic E-state index is 13.6. The number of hydrogen-bond donors (Lipinski definition) is 1. The van der Waals surface area contributed by atoms with Gasteiger partial charge in [-0.2, -0.15) is 0 Å². The monoisotopic (exact) mass is 347 g/mol. The predicted octanol–water partition coefficient (Wildman–Crippen LogP) is 4.36. The van der Waals surface area contributed by atoms with Crippen molar-refractivity contribution < 1.29 is 23.8 Å². The largest absolute Gasteiger partial charge is 0.502 e. The van der Waals surface area contributed by atoms with Crippen LogP contribution in [0.25, 0.3) is 15.3 Å². The summed E-state index contributed by atoms with van der Waals surface area (Å²) in [5, 5.41) is 8.93. The van der Waals surface area contributed by atoms with E-state index in [2.05, 4.69) is 4.85 Å². The average molecular weight is 347 g/mol. The average Bonchev–Trinajstić information content (AvgIpc) is 3.22. The van der Waals surface area contributed by atoms with Gasteiger partial charge in [-0.25, -0.2) is 14.0 Å². The van der Waals surface area contributed by atoms with E-state index in [1.54, 1.807) is 18.2 Å². The van der Waals surface area contributed by atoms with Crippen LogP contribution in [-0.2, 0) is 4.74 Å². The van der Waals surface area contributed by atoms with E-state index in [9.17, 15) is 9.18 Å². The molecule has 124 valence electrons. The third-order valence-corrected chi connectivity index (χ3v) is 4.84. The van der Waals surface area contributed by atoms with Gasteiger partial charge in [-0.1, -0.05) is 6.07 Å². The zero-order valence-corrected chi connectivity index (χ0v) is 13.4. The molecule has 1 aliphatic rings. The molecular formula is C17H14FNO4S. The van der Waals surface area contributed by atoms with Gasteiger partial charge in [-0.15, -0.1) is 11.3 Å². The van der Waals surface area contributed by atoms with Gasteiger partial charge >= 0.3 is 5.97 Å². The van der Waals surface area contributed by atoms with Crippen molar-refractivity contribution in [2.75, 3.05) is 13.2 Å². The molecule has 0 bridgehead atoms. The summed E-state index contributed by atoms with van der Waals surface area (Å²) in [5.41, 5.74) is 0.887. The van der Waals surface area contributed by atoms with Crippen LogP contribution in [0.5, 0.6) is 5.75 Å². The van der Waals surface area contributed by atoms with Crippen LogP contribution in [0.1, 0.15) is 22.5 Å². The van der Waals surface area contributed by atoms with Crippen molar-refractivity contribution in [1.29, 1.82) is 0 Å². The number of ether oxygens (including phenoxy) is 2. The molecule has 2 heterocycles. The highest BCUT2D eigenvalue weighted by molar-refractivity contribution is 7.17. The summed E-state index contributed by atoms with van der Waals surface area (Å²) in [7, 11) is 0. The Kier molecular flexibility index (Phi) is 4.79. The fraction of sp³-hybridized carbons (Fsp3) is 0.294. The van der Waals surface area contributed by atoms with E-state index >= 15 is 0 Å². The molecule has 1 N–H and O–H groups in total. The number of thiophene rings is 1. The molecule has 1 fully saturated rings. The molecule has 0 aliphatic carbocycles. The molecule has 7 heteroatoms. The number of halogens is 1. The highest BCUT2D eigenvalue weighted by Gasteiger charge is 2.19. The van der Waals surface area contributed by atoms with E-state index in [1.807, 2.05) is 0 Å². The SMILES string of the molecule is [C-]#[N+]c1cc(-c2cc(F)c(C(=O)O)s2)ccc1OCC1CCCO1. The van der Waals surface area contributed by atoms with Crippen molar-refractivity contribution in [1.82, 2.24) is 0 Å². The first-order valence-electron chi connectivity index (χ1n) is 7.37. The molecule has 1 aromatic heterocycles. The van der Waals surface area contributed by atoms with Crippen LogP contribution < -0.4 is 4.74 Å². The highest BCUT2D eigenvalue weighted by atomic mass is 32.1. The lowest BCUT2D eigenvalue weighted by Gasteiger charge is -2.13. The van der Waals surface area contributed by atoms with Gasteiger partial charge in [0, 0.05) is 11.5 Å². The first-order valence-corrected chi connectivity index (χ1v) is 8.19. The van der Waals surface area contributed by atoms with Crippen LogP contribution in [0.2, 0.25) is 0 Å². The Morgan fingerprint density at radius 2 is 2.33 bits per heavy atom. The number of nitrogens with zero attached hydrogens (tertiary/aromatic N) is 1. The first-order chi connectivity index (χ1) is 11.6. The number of carboxylic acid groups (broad SMARTS) is 1. The summed E-state index contributed by atoms with van der Waals surface area (Å²) in [6.07, 6.45) is 2.00. The lowest BCUT2D eigenvalue weighted by molar-refractivity contribution is 0.0682. The second-order valence-corrected chi connectivity index (χ2v) is 6.39. The van der Waals surface area contributed by atoms with E-state index in [0.29, 0.717) is 28.5 Å². The Balaban J connectivity index is 1.82. The van der Waals surface area contributed by atoms with Crippen LogP contribution in [0, 0.1) is 12.4 Å². The number of aromatic carboxylic acids is 1. The van der Waals surface area contributed by atoms with E-state index < -0.39 is 11.8 Å². The third kappa shape index (κ3) is 3.40. The fourth-order valence-electron chi connectivity index (χ4n) is 2.50. The lowest BCUT2D eigenvalue weighted by Crippen LogP contribution is -2.16. The maximum absolute atomic E-state index is 13.6. The van der Waals surface area contributed by atoms with E-state index in [4.69, 9.17) is 21.2 Å². The summed E-state index contributed by atoms with van der Waals surface area (Å²) in [6.45, 7) is 8.42. The van der Waals surface area contributed by atoms with Gasteiger partial charge in [-0.3, -0.25) is 0 Å². The minimum absolute atomic E-state index is 0.0489. The lowest BCUT2D eigenvalue weighted by atomic mass is 10.1. The molecule has 1 saturated heterocycles. The van der Waals surface area contributed by atoms with Crippen LogP contribution >= 0.6 is 11.3 Å². The smallest absolute Gasteiger partial charge is 0.348 e. The summed E-state index contributed by atoms with van der Waals surface area (Å²) in [5.74, 6) is -1.63. The van der Waals surface area contributed by atoms with Gasteiger partial charge < -0.3 is 14.6 Å². The van der Waals surface area contributed by atoms with Crippen LogP contribution in [-0.4, -0.2) is 30.4 Å². The van der Waals surface area contributed by atoms with Crippen molar-refractivity contribution >= 4 is 23.0 Å². The Bertz CT molecular complexity index is 805. The van der Waals surface area contributed by atoms with E-state index in [-0.39, 0.29) is 11.0 Å². The first kappa shape index (κ1) is 16.4. The molecule has 1 atom stereocenters. The minimum Gasteiger partial charge on any atom is -0.502 e. The second kappa shape index (κ2) is 6.99. The predicted molar refractivity (Wildman–Crippen MR) is 87.4 cm³/mol. The quantitative estimate of drug-likeness (QED) is 0.817. The second-order valence-electron chi connectivity index (χ2n) is 5.33. The number of benzene rings is 1. The van der Waals surface area contributed by atoms with Gasteiger partial charge in [0.2, 0.25) is 5.69 Å².